The van der Waals surface area contributed by atoms with Crippen LogP contribution >= 0.6 is 0 Å². The van der Waals surface area contributed by atoms with Crippen LogP contribution in [0.1, 0.15) is 37.9 Å². The standard InChI is InChI=1S/C17H20F3N3O/c1-12(23-8-7-21-11-23)15(24)22-10-16(2,3)13-5-4-6-14(9-13)17(18,19)20/h4-9,11-12H,10H2,1-3H3,(H,22,24). The molecular weight excluding hydrogens is 319 g/mol. The molecule has 24 heavy (non-hydrogen) atoms. The number of hydrogen-bond donors (Lipinski definition) is 1. The summed E-state index contributed by atoms with van der Waals surface area (Å²) in [6.07, 6.45) is 0.423. The average molecular weight is 339 g/mol. The van der Waals surface area contributed by atoms with Crippen molar-refractivity contribution in [3.63, 3.8) is 0 Å². The molecule has 1 unspecified atom stereocenters. The lowest BCUT2D eigenvalue weighted by Gasteiger charge is -2.27. The van der Waals surface area contributed by atoms with Crippen LogP contribution in [0, 0.1) is 0 Å². The normalized spacial score (nSPS) is 13.6. The second-order valence-electron chi connectivity index (χ2n) is 6.37. The molecule has 0 fully saturated rings. The Morgan fingerprint density at radius 3 is 2.54 bits per heavy atom. The minimum Gasteiger partial charge on any atom is -0.353 e. The van der Waals surface area contributed by atoms with Crippen molar-refractivity contribution in [1.29, 1.82) is 0 Å². The first kappa shape index (κ1) is 18.0. The number of imidazole rings is 1. The maximum atomic E-state index is 12.9. The number of halogens is 3. The van der Waals surface area contributed by atoms with Crippen molar-refractivity contribution in [2.24, 2.45) is 0 Å². The zero-order valence-corrected chi connectivity index (χ0v) is 13.8. The number of benzene rings is 1. The molecule has 1 atom stereocenters. The highest BCUT2D eigenvalue weighted by Gasteiger charge is 2.32. The molecule has 1 heterocycles. The summed E-state index contributed by atoms with van der Waals surface area (Å²) in [7, 11) is 0. The molecule has 2 aromatic rings. The molecule has 1 aromatic heterocycles. The van der Waals surface area contributed by atoms with E-state index in [2.05, 4.69) is 10.3 Å². The Morgan fingerprint density at radius 2 is 1.96 bits per heavy atom. The molecule has 0 aliphatic rings. The van der Waals surface area contributed by atoms with Gasteiger partial charge in [0.2, 0.25) is 5.91 Å². The summed E-state index contributed by atoms with van der Waals surface area (Å²) in [4.78, 5) is 16.1. The number of carbonyl (C=O) groups excluding carboxylic acids is 1. The van der Waals surface area contributed by atoms with Gasteiger partial charge in [0, 0.05) is 24.4 Å². The van der Waals surface area contributed by atoms with Crippen LogP contribution in [-0.2, 0) is 16.4 Å². The van der Waals surface area contributed by atoms with Gasteiger partial charge in [-0.1, -0.05) is 32.0 Å². The monoisotopic (exact) mass is 339 g/mol. The molecule has 0 saturated heterocycles. The van der Waals surface area contributed by atoms with E-state index in [9.17, 15) is 18.0 Å². The zero-order valence-electron chi connectivity index (χ0n) is 13.8. The highest BCUT2D eigenvalue weighted by atomic mass is 19.4. The number of nitrogens with one attached hydrogen (secondary N) is 1. The molecule has 130 valence electrons. The van der Waals surface area contributed by atoms with Crippen LogP contribution in [0.4, 0.5) is 13.2 Å². The fourth-order valence-electron chi connectivity index (χ4n) is 2.31. The van der Waals surface area contributed by atoms with E-state index < -0.39 is 23.2 Å². The second-order valence-corrected chi connectivity index (χ2v) is 6.37. The number of alkyl halides is 3. The highest BCUT2D eigenvalue weighted by Crippen LogP contribution is 2.32. The summed E-state index contributed by atoms with van der Waals surface area (Å²) in [6.45, 7) is 5.55. The Kier molecular flexibility index (Phi) is 5.01. The molecule has 2 rings (SSSR count). The summed E-state index contributed by atoms with van der Waals surface area (Å²) in [6, 6.07) is 4.76. The molecule has 1 N–H and O–H groups in total. The topological polar surface area (TPSA) is 46.9 Å². The largest absolute Gasteiger partial charge is 0.416 e. The van der Waals surface area contributed by atoms with Crippen LogP contribution in [0.5, 0.6) is 0 Å². The van der Waals surface area contributed by atoms with Gasteiger partial charge in [0.15, 0.2) is 0 Å². The van der Waals surface area contributed by atoms with Crippen molar-refractivity contribution < 1.29 is 18.0 Å². The van der Waals surface area contributed by atoms with Crippen LogP contribution < -0.4 is 5.32 Å². The number of rotatable bonds is 5. The number of aromatic nitrogens is 2. The molecular formula is C17H20F3N3O. The lowest BCUT2D eigenvalue weighted by Crippen LogP contribution is -2.39. The smallest absolute Gasteiger partial charge is 0.353 e. The van der Waals surface area contributed by atoms with Crippen molar-refractivity contribution in [2.75, 3.05) is 6.54 Å². The van der Waals surface area contributed by atoms with Crippen molar-refractivity contribution in [3.05, 3.63) is 54.1 Å². The molecule has 0 aliphatic heterocycles. The average Bonchev–Trinajstić information content (AvgIpc) is 3.05. The van der Waals surface area contributed by atoms with Gasteiger partial charge in [-0.3, -0.25) is 4.79 Å². The Balaban J connectivity index is 2.07. The molecule has 4 nitrogen and oxygen atoms in total. The van der Waals surface area contributed by atoms with Gasteiger partial charge >= 0.3 is 6.18 Å². The molecule has 7 heteroatoms. The number of hydrogen-bond acceptors (Lipinski definition) is 2. The van der Waals surface area contributed by atoms with E-state index >= 15 is 0 Å². The van der Waals surface area contributed by atoms with E-state index in [1.54, 1.807) is 50.1 Å². The fraction of sp³-hybridized carbons (Fsp3) is 0.412. The first-order chi connectivity index (χ1) is 11.1. The highest BCUT2D eigenvalue weighted by molar-refractivity contribution is 5.80. The van der Waals surface area contributed by atoms with Crippen LogP contribution in [0.2, 0.25) is 0 Å². The van der Waals surface area contributed by atoms with E-state index in [1.807, 2.05) is 0 Å². The minimum atomic E-state index is -4.38. The van der Waals surface area contributed by atoms with Crippen molar-refractivity contribution in [3.8, 4) is 0 Å². The minimum absolute atomic E-state index is 0.215. The first-order valence-electron chi connectivity index (χ1n) is 7.54. The van der Waals surface area contributed by atoms with Crippen LogP contribution in [0.15, 0.2) is 43.0 Å². The van der Waals surface area contributed by atoms with E-state index in [0.29, 0.717) is 5.56 Å². The summed E-state index contributed by atoms with van der Waals surface area (Å²) < 4.78 is 40.2. The van der Waals surface area contributed by atoms with E-state index in [0.717, 1.165) is 12.1 Å². The third-order valence-corrected chi connectivity index (χ3v) is 4.03. The van der Waals surface area contributed by atoms with Crippen molar-refractivity contribution in [2.45, 2.75) is 38.4 Å². The molecule has 0 aliphatic carbocycles. The molecule has 1 aromatic carbocycles. The Morgan fingerprint density at radius 1 is 1.29 bits per heavy atom. The fourth-order valence-corrected chi connectivity index (χ4v) is 2.31. The number of nitrogens with zero attached hydrogens (tertiary/aromatic N) is 2. The van der Waals surface area contributed by atoms with E-state index in [1.165, 1.54) is 6.07 Å². The Bertz CT molecular complexity index is 693. The van der Waals surface area contributed by atoms with Crippen LogP contribution in [0.3, 0.4) is 0 Å². The molecule has 0 spiro atoms. The molecule has 0 bridgehead atoms. The quantitative estimate of drug-likeness (QED) is 0.905. The van der Waals surface area contributed by atoms with Crippen molar-refractivity contribution >= 4 is 5.91 Å². The predicted octanol–water partition coefficient (Wildman–Crippen LogP) is 3.56. The third kappa shape index (κ3) is 4.15. The second kappa shape index (κ2) is 6.67. The third-order valence-electron chi connectivity index (χ3n) is 4.03. The van der Waals surface area contributed by atoms with Gasteiger partial charge in [0.1, 0.15) is 6.04 Å². The molecule has 1 amide bonds. The van der Waals surface area contributed by atoms with Gasteiger partial charge in [-0.2, -0.15) is 13.2 Å². The number of carbonyl (C=O) groups is 1. The Labute approximate surface area is 138 Å². The van der Waals surface area contributed by atoms with Gasteiger partial charge in [-0.05, 0) is 18.6 Å². The van der Waals surface area contributed by atoms with Gasteiger partial charge in [-0.25, -0.2) is 4.98 Å². The lowest BCUT2D eigenvalue weighted by atomic mass is 9.83. The molecule has 0 saturated carbocycles. The van der Waals surface area contributed by atoms with Gasteiger partial charge in [-0.15, -0.1) is 0 Å². The number of amides is 1. The SMILES string of the molecule is CC(C(=O)NCC(C)(C)c1cccc(C(F)(F)F)c1)n1ccnc1. The maximum Gasteiger partial charge on any atom is 0.416 e. The Hall–Kier alpha value is -2.31. The molecule has 0 radical (unpaired) electrons. The first-order valence-corrected chi connectivity index (χ1v) is 7.54. The summed E-state index contributed by atoms with van der Waals surface area (Å²) >= 11 is 0. The van der Waals surface area contributed by atoms with Crippen molar-refractivity contribution in [1.82, 2.24) is 14.9 Å². The zero-order chi connectivity index (χ0) is 18.0. The summed E-state index contributed by atoms with van der Waals surface area (Å²) in [5, 5.41) is 2.80. The van der Waals surface area contributed by atoms with Gasteiger partial charge in [0.25, 0.3) is 0 Å². The summed E-state index contributed by atoms with van der Waals surface area (Å²) in [5.41, 5.74) is -0.801. The predicted molar refractivity (Wildman–Crippen MR) is 84.4 cm³/mol. The van der Waals surface area contributed by atoms with Gasteiger partial charge in [0.05, 0.1) is 11.9 Å². The van der Waals surface area contributed by atoms with E-state index in [4.69, 9.17) is 0 Å². The van der Waals surface area contributed by atoms with E-state index in [-0.39, 0.29) is 12.5 Å². The lowest BCUT2D eigenvalue weighted by molar-refractivity contribution is -0.137. The van der Waals surface area contributed by atoms with Gasteiger partial charge < -0.3 is 9.88 Å². The summed E-state index contributed by atoms with van der Waals surface area (Å²) in [5.74, 6) is -0.215. The van der Waals surface area contributed by atoms with Crippen LogP contribution in [-0.4, -0.2) is 22.0 Å². The van der Waals surface area contributed by atoms with Crippen LogP contribution in [0.25, 0.3) is 0 Å². The maximum absolute atomic E-state index is 12.9.